The highest BCUT2D eigenvalue weighted by atomic mass is 31.2. The molecule has 19 heteroatoms. The Morgan fingerprint density at radius 2 is 0.490 bits per heavy atom. The van der Waals surface area contributed by atoms with Gasteiger partial charge in [0, 0.05) is 25.7 Å². The van der Waals surface area contributed by atoms with Gasteiger partial charge in [-0.3, -0.25) is 37.3 Å². The Bertz CT molecular complexity index is 1880. The molecule has 0 heterocycles. The van der Waals surface area contributed by atoms with Crippen molar-refractivity contribution >= 4 is 39.5 Å². The van der Waals surface area contributed by atoms with Crippen LogP contribution in [0.2, 0.25) is 0 Å². The zero-order chi connectivity index (χ0) is 71.9. The predicted octanol–water partition coefficient (Wildman–Crippen LogP) is 23.6. The van der Waals surface area contributed by atoms with Gasteiger partial charge in [-0.1, -0.05) is 369 Å². The Kier molecular flexibility index (Phi) is 70.6. The lowest BCUT2D eigenvalue weighted by molar-refractivity contribution is -0.161. The van der Waals surface area contributed by atoms with E-state index in [2.05, 4.69) is 34.6 Å². The second kappa shape index (κ2) is 72.0. The van der Waals surface area contributed by atoms with E-state index in [4.69, 9.17) is 37.0 Å². The number of phosphoric acid groups is 2. The first-order valence-electron chi connectivity index (χ1n) is 41.2. The SMILES string of the molecule is CCCCCCCCCCCCCCCCCCCCCCCC(=O)O[C@H](COC(=O)CCCCCCCCCCCCCCCCCCCC)COP(=O)(O)OC[C@@H](O)COP(=O)(O)OC[C@@H](COC(=O)CCCCCCC)OC(=O)CCCCCCCCCCCCC(C)CC. The molecule has 0 aliphatic carbocycles. The Morgan fingerprint density at radius 3 is 0.724 bits per heavy atom. The lowest BCUT2D eigenvalue weighted by atomic mass is 9.99. The molecule has 0 aromatic heterocycles. The molecule has 98 heavy (non-hydrogen) atoms. The zero-order valence-corrected chi connectivity index (χ0v) is 65.7. The molecule has 0 saturated heterocycles. The number of esters is 4. The lowest BCUT2D eigenvalue weighted by Crippen LogP contribution is -2.30. The molecule has 0 rings (SSSR count). The third kappa shape index (κ3) is 71.1. The van der Waals surface area contributed by atoms with Crippen molar-refractivity contribution in [3.8, 4) is 0 Å². The second-order valence-corrected chi connectivity index (χ2v) is 31.6. The highest BCUT2D eigenvalue weighted by Crippen LogP contribution is 2.45. The molecule has 0 aliphatic rings. The molecule has 0 radical (unpaired) electrons. The van der Waals surface area contributed by atoms with E-state index in [1.54, 1.807) is 0 Å². The monoisotopic (exact) mass is 1440 g/mol. The number of hydrogen-bond acceptors (Lipinski definition) is 15. The van der Waals surface area contributed by atoms with Gasteiger partial charge in [0.2, 0.25) is 0 Å². The fourth-order valence-electron chi connectivity index (χ4n) is 12.2. The van der Waals surface area contributed by atoms with E-state index in [0.29, 0.717) is 25.7 Å². The molecule has 0 amide bonds. The van der Waals surface area contributed by atoms with Gasteiger partial charge in [-0.25, -0.2) is 9.13 Å². The molecule has 582 valence electrons. The van der Waals surface area contributed by atoms with E-state index in [-0.39, 0.29) is 25.7 Å². The van der Waals surface area contributed by atoms with Gasteiger partial charge < -0.3 is 33.8 Å². The van der Waals surface area contributed by atoms with Gasteiger partial charge in [0.25, 0.3) is 0 Å². The maximum atomic E-state index is 13.1. The summed E-state index contributed by atoms with van der Waals surface area (Å²) < 4.78 is 68.4. The summed E-state index contributed by atoms with van der Waals surface area (Å²) in [6, 6.07) is 0. The Hall–Kier alpha value is -1.94. The van der Waals surface area contributed by atoms with Gasteiger partial charge in [-0.2, -0.15) is 0 Å². The number of ether oxygens (including phenoxy) is 4. The number of aliphatic hydroxyl groups excluding tert-OH is 1. The molecule has 0 bridgehead atoms. The average molecular weight is 1440 g/mol. The number of rotatable bonds is 79. The van der Waals surface area contributed by atoms with Crippen LogP contribution in [0, 0.1) is 5.92 Å². The van der Waals surface area contributed by atoms with Crippen LogP contribution in [0.5, 0.6) is 0 Å². The summed E-state index contributed by atoms with van der Waals surface area (Å²) in [6.45, 7) is 7.24. The van der Waals surface area contributed by atoms with Gasteiger partial charge in [0.15, 0.2) is 12.2 Å². The van der Waals surface area contributed by atoms with Crippen LogP contribution in [0.1, 0.15) is 420 Å². The topological polar surface area (TPSA) is 237 Å². The largest absolute Gasteiger partial charge is 0.472 e. The van der Waals surface area contributed by atoms with Gasteiger partial charge in [0.05, 0.1) is 26.4 Å². The van der Waals surface area contributed by atoms with E-state index >= 15 is 0 Å². The zero-order valence-electron chi connectivity index (χ0n) is 63.9. The fraction of sp³-hybridized carbons (Fsp3) is 0.949. The minimum atomic E-state index is -4.96. The maximum Gasteiger partial charge on any atom is 0.472 e. The number of carbonyl (C=O) groups is 4. The van der Waals surface area contributed by atoms with Crippen molar-refractivity contribution in [3.63, 3.8) is 0 Å². The first-order valence-corrected chi connectivity index (χ1v) is 44.2. The van der Waals surface area contributed by atoms with E-state index in [0.717, 1.165) is 102 Å². The smallest absolute Gasteiger partial charge is 0.462 e. The van der Waals surface area contributed by atoms with Gasteiger partial charge in [-0.15, -0.1) is 0 Å². The van der Waals surface area contributed by atoms with Crippen molar-refractivity contribution in [1.29, 1.82) is 0 Å². The number of carbonyl (C=O) groups excluding carboxylic acids is 4. The molecule has 0 aromatic carbocycles. The molecule has 0 aromatic rings. The minimum Gasteiger partial charge on any atom is -0.462 e. The summed E-state index contributed by atoms with van der Waals surface area (Å²) in [6.07, 6.45) is 62.9. The predicted molar refractivity (Wildman–Crippen MR) is 400 cm³/mol. The average Bonchev–Trinajstić information content (AvgIpc) is 1.11. The number of phosphoric ester groups is 2. The first-order chi connectivity index (χ1) is 47.6. The van der Waals surface area contributed by atoms with E-state index < -0.39 is 97.5 Å². The molecule has 3 N–H and O–H groups in total. The minimum absolute atomic E-state index is 0.106. The van der Waals surface area contributed by atoms with E-state index in [1.165, 1.54) is 238 Å². The van der Waals surface area contributed by atoms with Crippen molar-refractivity contribution in [2.75, 3.05) is 39.6 Å². The molecule has 0 saturated carbocycles. The summed E-state index contributed by atoms with van der Waals surface area (Å²) in [5.74, 6) is -1.32. The van der Waals surface area contributed by atoms with Gasteiger partial charge >= 0.3 is 39.5 Å². The standard InChI is InChI=1S/C79H154O17P2/c1-6-10-13-16-18-20-22-24-26-28-30-31-32-34-36-38-40-45-49-54-59-64-79(84)96-75(69-90-77(82)63-58-53-48-44-39-37-35-33-29-27-25-23-21-19-17-14-11-7-2)71-94-98(87,88)92-67-73(80)66-91-97(85,86)93-70-74(68-89-76(81)62-57-51-15-12-8-3)95-78(83)65-60-55-50-46-42-41-43-47-52-56-61-72(5)9-4/h72-75,80H,6-71H2,1-5H3,(H,85,86)(H,87,88)/t72?,73-,74+,75+/m0/s1. The molecule has 17 nitrogen and oxygen atoms in total. The summed E-state index contributed by atoms with van der Waals surface area (Å²) in [5.41, 5.74) is 0. The van der Waals surface area contributed by atoms with Crippen molar-refractivity contribution in [2.45, 2.75) is 438 Å². The van der Waals surface area contributed by atoms with Crippen molar-refractivity contribution in [3.05, 3.63) is 0 Å². The van der Waals surface area contributed by atoms with Crippen LogP contribution in [0.25, 0.3) is 0 Å². The summed E-state index contributed by atoms with van der Waals surface area (Å²) in [5, 5.41) is 10.6. The second-order valence-electron chi connectivity index (χ2n) is 28.7. The summed E-state index contributed by atoms with van der Waals surface area (Å²) >= 11 is 0. The Labute approximate surface area is 600 Å². The number of aliphatic hydroxyl groups is 1. The molecule has 3 unspecified atom stereocenters. The first kappa shape index (κ1) is 96.1. The maximum absolute atomic E-state index is 13.1. The van der Waals surface area contributed by atoms with Crippen LogP contribution in [0.4, 0.5) is 0 Å². The van der Waals surface area contributed by atoms with Crippen LogP contribution in [0.3, 0.4) is 0 Å². The van der Waals surface area contributed by atoms with Crippen LogP contribution >= 0.6 is 15.6 Å². The summed E-state index contributed by atoms with van der Waals surface area (Å²) in [4.78, 5) is 72.6. The Morgan fingerprint density at radius 1 is 0.286 bits per heavy atom. The third-order valence-corrected chi connectivity index (χ3v) is 20.8. The number of hydrogen-bond donors (Lipinski definition) is 3. The van der Waals surface area contributed by atoms with Crippen molar-refractivity contribution < 1.29 is 80.2 Å². The molecular weight excluding hydrogens is 1280 g/mol. The van der Waals surface area contributed by atoms with E-state index in [9.17, 15) is 43.2 Å². The third-order valence-electron chi connectivity index (χ3n) is 18.9. The lowest BCUT2D eigenvalue weighted by Gasteiger charge is -2.21. The highest BCUT2D eigenvalue weighted by Gasteiger charge is 2.30. The molecular formula is C79H154O17P2. The molecule has 0 aliphatic heterocycles. The van der Waals surface area contributed by atoms with Crippen LogP contribution < -0.4 is 0 Å². The molecule has 0 spiro atoms. The molecule has 6 atom stereocenters. The van der Waals surface area contributed by atoms with Crippen LogP contribution in [-0.4, -0.2) is 96.7 Å². The normalized spacial score (nSPS) is 14.2. The van der Waals surface area contributed by atoms with Crippen molar-refractivity contribution in [1.82, 2.24) is 0 Å². The molecule has 0 fully saturated rings. The quantitative estimate of drug-likeness (QED) is 0.0222. The van der Waals surface area contributed by atoms with Gasteiger partial charge in [0.1, 0.15) is 19.3 Å². The fourth-order valence-corrected chi connectivity index (χ4v) is 13.8. The van der Waals surface area contributed by atoms with E-state index in [1.807, 2.05) is 0 Å². The van der Waals surface area contributed by atoms with Crippen molar-refractivity contribution in [2.24, 2.45) is 5.92 Å². The Balaban J connectivity index is 5.12. The highest BCUT2D eigenvalue weighted by molar-refractivity contribution is 7.47. The summed E-state index contributed by atoms with van der Waals surface area (Å²) in [7, 11) is -9.90. The van der Waals surface area contributed by atoms with Crippen LogP contribution in [0.15, 0.2) is 0 Å². The van der Waals surface area contributed by atoms with Crippen LogP contribution in [-0.2, 0) is 65.4 Å². The van der Waals surface area contributed by atoms with Gasteiger partial charge in [-0.05, 0) is 31.6 Å². The number of unbranched alkanes of at least 4 members (excludes halogenated alkanes) is 50.